The highest BCUT2D eigenvalue weighted by molar-refractivity contribution is 6.03. The summed E-state index contributed by atoms with van der Waals surface area (Å²) in [4.78, 5) is 22.2. The van der Waals surface area contributed by atoms with E-state index in [9.17, 15) is 14.9 Å². The molecule has 0 aliphatic heterocycles. The van der Waals surface area contributed by atoms with Gasteiger partial charge in [-0.25, -0.2) is 0 Å². The van der Waals surface area contributed by atoms with Gasteiger partial charge in [0.05, 0.1) is 4.92 Å². The van der Waals surface area contributed by atoms with E-state index in [1.807, 2.05) is 6.92 Å². The zero-order valence-corrected chi connectivity index (χ0v) is 11.2. The van der Waals surface area contributed by atoms with Crippen LogP contribution in [0.2, 0.25) is 0 Å². The minimum atomic E-state index is -0.471. The number of aromatic nitrogens is 2. The predicted molar refractivity (Wildman–Crippen MR) is 73.7 cm³/mol. The van der Waals surface area contributed by atoms with E-state index in [0.29, 0.717) is 23.5 Å². The SMILES string of the molecule is CCn1ccc(C(=O)Nc2ccc([N+](=O)[O-])cc2C)n1. The number of aryl methyl sites for hydroxylation is 2. The third-order valence-electron chi connectivity index (χ3n) is 2.87. The van der Waals surface area contributed by atoms with Gasteiger partial charge in [0, 0.05) is 30.6 Å². The minimum Gasteiger partial charge on any atom is -0.320 e. The van der Waals surface area contributed by atoms with Crippen molar-refractivity contribution in [2.45, 2.75) is 20.4 Å². The minimum absolute atomic E-state index is 0.00393. The van der Waals surface area contributed by atoms with Crippen LogP contribution in [0.25, 0.3) is 0 Å². The first-order valence-electron chi connectivity index (χ1n) is 6.11. The number of anilines is 1. The highest BCUT2D eigenvalue weighted by Gasteiger charge is 2.13. The first-order valence-corrected chi connectivity index (χ1v) is 6.11. The Bertz CT molecular complexity index is 663. The summed E-state index contributed by atoms with van der Waals surface area (Å²) >= 11 is 0. The second-order valence-corrected chi connectivity index (χ2v) is 4.27. The summed E-state index contributed by atoms with van der Waals surface area (Å²) < 4.78 is 1.65. The molecular formula is C13H14N4O3. The number of carbonyl (C=O) groups is 1. The van der Waals surface area contributed by atoms with E-state index in [1.54, 1.807) is 23.9 Å². The molecule has 0 bridgehead atoms. The van der Waals surface area contributed by atoms with Crippen LogP contribution in [0.3, 0.4) is 0 Å². The Morgan fingerprint density at radius 1 is 1.45 bits per heavy atom. The summed E-state index contributed by atoms with van der Waals surface area (Å²) in [6.07, 6.45) is 1.72. The maximum atomic E-state index is 12.0. The van der Waals surface area contributed by atoms with E-state index in [4.69, 9.17) is 0 Å². The number of hydrogen-bond donors (Lipinski definition) is 1. The number of nitro groups is 1. The summed E-state index contributed by atoms with van der Waals surface area (Å²) in [7, 11) is 0. The van der Waals surface area contributed by atoms with Crippen LogP contribution in [-0.4, -0.2) is 20.6 Å². The van der Waals surface area contributed by atoms with Gasteiger partial charge in [0.15, 0.2) is 5.69 Å². The second-order valence-electron chi connectivity index (χ2n) is 4.27. The standard InChI is InChI=1S/C13H14N4O3/c1-3-16-7-6-12(15-16)13(18)14-11-5-4-10(17(19)20)8-9(11)2/h4-8H,3H2,1-2H3,(H,14,18). The van der Waals surface area contributed by atoms with Gasteiger partial charge in [-0.3, -0.25) is 19.6 Å². The lowest BCUT2D eigenvalue weighted by molar-refractivity contribution is -0.384. The molecular weight excluding hydrogens is 260 g/mol. The molecule has 0 saturated heterocycles. The molecule has 1 aromatic heterocycles. The predicted octanol–water partition coefficient (Wildman–Crippen LogP) is 2.37. The monoisotopic (exact) mass is 274 g/mol. The lowest BCUT2D eigenvalue weighted by Gasteiger charge is -2.06. The van der Waals surface area contributed by atoms with E-state index in [0.717, 1.165) is 0 Å². The maximum Gasteiger partial charge on any atom is 0.276 e. The molecule has 0 aliphatic carbocycles. The molecule has 0 aliphatic rings. The molecule has 0 fully saturated rings. The highest BCUT2D eigenvalue weighted by Crippen LogP contribution is 2.21. The zero-order chi connectivity index (χ0) is 14.7. The van der Waals surface area contributed by atoms with Gasteiger partial charge in [-0.1, -0.05) is 0 Å². The maximum absolute atomic E-state index is 12.0. The number of nitrogens with zero attached hydrogens (tertiary/aromatic N) is 3. The van der Waals surface area contributed by atoms with E-state index < -0.39 is 4.92 Å². The molecule has 1 amide bonds. The van der Waals surface area contributed by atoms with Crippen molar-refractivity contribution in [3.05, 3.63) is 51.8 Å². The Labute approximate surface area is 115 Å². The van der Waals surface area contributed by atoms with Crippen LogP contribution in [0.4, 0.5) is 11.4 Å². The average molecular weight is 274 g/mol. The van der Waals surface area contributed by atoms with Crippen LogP contribution in [0.1, 0.15) is 23.0 Å². The first kappa shape index (κ1) is 13.7. The number of amides is 1. The molecule has 1 aromatic carbocycles. The van der Waals surface area contributed by atoms with E-state index in [-0.39, 0.29) is 11.6 Å². The lowest BCUT2D eigenvalue weighted by atomic mass is 10.1. The Balaban J connectivity index is 2.17. The van der Waals surface area contributed by atoms with Crippen molar-refractivity contribution < 1.29 is 9.72 Å². The number of hydrogen-bond acceptors (Lipinski definition) is 4. The van der Waals surface area contributed by atoms with Crippen molar-refractivity contribution in [2.24, 2.45) is 0 Å². The van der Waals surface area contributed by atoms with Crippen molar-refractivity contribution in [1.82, 2.24) is 9.78 Å². The Kier molecular flexibility index (Phi) is 3.79. The highest BCUT2D eigenvalue weighted by atomic mass is 16.6. The normalized spacial score (nSPS) is 10.3. The number of non-ortho nitro benzene ring substituents is 1. The van der Waals surface area contributed by atoms with Crippen molar-refractivity contribution in [1.29, 1.82) is 0 Å². The van der Waals surface area contributed by atoms with E-state index >= 15 is 0 Å². The molecule has 104 valence electrons. The average Bonchev–Trinajstić information content (AvgIpc) is 2.89. The van der Waals surface area contributed by atoms with Crippen molar-refractivity contribution in [3.8, 4) is 0 Å². The van der Waals surface area contributed by atoms with Gasteiger partial charge < -0.3 is 5.32 Å². The van der Waals surface area contributed by atoms with Crippen LogP contribution >= 0.6 is 0 Å². The summed E-state index contributed by atoms with van der Waals surface area (Å²) in [5.41, 5.74) is 1.47. The quantitative estimate of drug-likeness (QED) is 0.684. The number of benzene rings is 1. The fourth-order valence-electron chi connectivity index (χ4n) is 1.75. The van der Waals surface area contributed by atoms with Crippen LogP contribution in [0, 0.1) is 17.0 Å². The molecule has 2 rings (SSSR count). The zero-order valence-electron chi connectivity index (χ0n) is 11.2. The third kappa shape index (κ3) is 2.82. The molecule has 0 saturated carbocycles. The van der Waals surface area contributed by atoms with Crippen molar-refractivity contribution in [3.63, 3.8) is 0 Å². The van der Waals surface area contributed by atoms with E-state index in [2.05, 4.69) is 10.4 Å². The van der Waals surface area contributed by atoms with Gasteiger partial charge in [0.25, 0.3) is 11.6 Å². The molecule has 0 radical (unpaired) electrons. The van der Waals surface area contributed by atoms with Gasteiger partial charge in [0.1, 0.15) is 0 Å². The summed E-state index contributed by atoms with van der Waals surface area (Å²) in [5, 5.41) is 17.4. The number of nitro benzene ring substituents is 1. The molecule has 1 heterocycles. The molecule has 1 N–H and O–H groups in total. The Morgan fingerprint density at radius 3 is 2.75 bits per heavy atom. The van der Waals surface area contributed by atoms with Crippen LogP contribution in [0.15, 0.2) is 30.5 Å². The van der Waals surface area contributed by atoms with E-state index in [1.165, 1.54) is 18.2 Å². The van der Waals surface area contributed by atoms with Gasteiger partial charge in [-0.05, 0) is 31.5 Å². The summed E-state index contributed by atoms with van der Waals surface area (Å²) in [5.74, 6) is -0.339. The number of carbonyl (C=O) groups excluding carboxylic acids is 1. The molecule has 20 heavy (non-hydrogen) atoms. The third-order valence-corrected chi connectivity index (χ3v) is 2.87. The molecule has 0 unspecified atom stereocenters. The molecule has 2 aromatic rings. The molecule has 0 atom stereocenters. The van der Waals surface area contributed by atoms with Gasteiger partial charge in [-0.15, -0.1) is 0 Å². The van der Waals surface area contributed by atoms with Crippen molar-refractivity contribution in [2.75, 3.05) is 5.32 Å². The largest absolute Gasteiger partial charge is 0.320 e. The van der Waals surface area contributed by atoms with Crippen LogP contribution < -0.4 is 5.32 Å². The Morgan fingerprint density at radius 2 is 2.20 bits per heavy atom. The fraction of sp³-hybridized carbons (Fsp3) is 0.231. The van der Waals surface area contributed by atoms with Gasteiger partial charge >= 0.3 is 0 Å². The molecule has 7 nitrogen and oxygen atoms in total. The van der Waals surface area contributed by atoms with Gasteiger partial charge in [-0.2, -0.15) is 5.10 Å². The lowest BCUT2D eigenvalue weighted by Crippen LogP contribution is -2.14. The smallest absolute Gasteiger partial charge is 0.276 e. The number of rotatable bonds is 4. The van der Waals surface area contributed by atoms with Crippen LogP contribution in [0.5, 0.6) is 0 Å². The molecule has 7 heteroatoms. The first-order chi connectivity index (χ1) is 9.51. The van der Waals surface area contributed by atoms with Crippen molar-refractivity contribution >= 4 is 17.3 Å². The Hall–Kier alpha value is -2.70. The topological polar surface area (TPSA) is 90.1 Å². The fourth-order valence-corrected chi connectivity index (χ4v) is 1.75. The second kappa shape index (κ2) is 5.52. The molecule has 0 spiro atoms. The van der Waals surface area contributed by atoms with Crippen LogP contribution in [-0.2, 0) is 6.54 Å². The summed E-state index contributed by atoms with van der Waals surface area (Å²) in [6, 6.07) is 5.91. The number of nitrogens with one attached hydrogen (secondary N) is 1. The summed E-state index contributed by atoms with van der Waals surface area (Å²) in [6.45, 7) is 4.31. The van der Waals surface area contributed by atoms with Gasteiger partial charge in [0.2, 0.25) is 0 Å².